The topological polar surface area (TPSA) is 74.6 Å². The van der Waals surface area contributed by atoms with Crippen molar-refractivity contribution in [1.29, 1.82) is 0 Å². The predicted octanol–water partition coefficient (Wildman–Crippen LogP) is 3.79. The summed E-state index contributed by atoms with van der Waals surface area (Å²) in [4.78, 5) is 22.5. The van der Waals surface area contributed by atoms with Crippen molar-refractivity contribution in [2.45, 2.75) is 66.7 Å². The summed E-state index contributed by atoms with van der Waals surface area (Å²) in [6, 6.07) is 0. The first-order valence-electron chi connectivity index (χ1n) is 7.04. The quantitative estimate of drug-likeness (QED) is 0.705. The first kappa shape index (κ1) is 17.9. The van der Waals surface area contributed by atoms with Crippen LogP contribution in [-0.2, 0) is 9.59 Å². The molecule has 0 aromatic heterocycles. The largest absolute Gasteiger partial charge is 0.481 e. The highest BCUT2D eigenvalue weighted by molar-refractivity contribution is 5.75. The van der Waals surface area contributed by atoms with Crippen LogP contribution in [0.4, 0.5) is 0 Å². The highest BCUT2D eigenvalue weighted by Crippen LogP contribution is 2.47. The van der Waals surface area contributed by atoms with Gasteiger partial charge in [-0.25, -0.2) is 0 Å². The molecule has 2 N–H and O–H groups in total. The fraction of sp³-hybridized carbons (Fsp3) is 0.867. The highest BCUT2D eigenvalue weighted by Gasteiger charge is 2.47. The maximum absolute atomic E-state index is 11.8. The molecule has 2 unspecified atom stereocenters. The lowest BCUT2D eigenvalue weighted by atomic mass is 9.61. The van der Waals surface area contributed by atoms with Gasteiger partial charge in [0.15, 0.2) is 0 Å². The van der Waals surface area contributed by atoms with Gasteiger partial charge in [0.2, 0.25) is 0 Å². The van der Waals surface area contributed by atoms with Gasteiger partial charge in [0.1, 0.15) is 0 Å². The Morgan fingerprint density at radius 1 is 1.11 bits per heavy atom. The standard InChI is InChI=1S/C15H28O4/c1-6-9-15(13(18)19,14(3,4)5)10-7-8-11(2)12(16)17/h11H,6-10H2,1-5H3,(H,16,17)(H,18,19). The third-order valence-electron chi connectivity index (χ3n) is 4.18. The van der Waals surface area contributed by atoms with Crippen molar-refractivity contribution in [2.24, 2.45) is 16.7 Å². The molecule has 0 aromatic rings. The van der Waals surface area contributed by atoms with Crippen LogP contribution in [0.25, 0.3) is 0 Å². The van der Waals surface area contributed by atoms with E-state index in [2.05, 4.69) is 0 Å². The molecule has 0 aliphatic heterocycles. The van der Waals surface area contributed by atoms with Crippen molar-refractivity contribution >= 4 is 11.9 Å². The highest BCUT2D eigenvalue weighted by atomic mass is 16.4. The van der Waals surface area contributed by atoms with Gasteiger partial charge in [0, 0.05) is 0 Å². The number of hydrogen-bond donors (Lipinski definition) is 2. The minimum Gasteiger partial charge on any atom is -0.481 e. The Bertz CT molecular complexity index is 317. The summed E-state index contributed by atoms with van der Waals surface area (Å²) >= 11 is 0. The lowest BCUT2D eigenvalue weighted by Crippen LogP contribution is -2.43. The summed E-state index contributed by atoms with van der Waals surface area (Å²) in [5, 5.41) is 18.5. The van der Waals surface area contributed by atoms with Crippen molar-refractivity contribution < 1.29 is 19.8 Å². The molecule has 0 aliphatic carbocycles. The molecule has 0 aliphatic rings. The second-order valence-electron chi connectivity index (χ2n) is 6.52. The molecular weight excluding hydrogens is 244 g/mol. The summed E-state index contributed by atoms with van der Waals surface area (Å²) in [5.41, 5.74) is -1.10. The molecule has 0 aromatic carbocycles. The molecule has 0 radical (unpaired) electrons. The van der Waals surface area contributed by atoms with Gasteiger partial charge in [-0.05, 0) is 24.7 Å². The monoisotopic (exact) mass is 272 g/mol. The predicted molar refractivity (Wildman–Crippen MR) is 75.1 cm³/mol. The molecule has 19 heavy (non-hydrogen) atoms. The van der Waals surface area contributed by atoms with Gasteiger partial charge < -0.3 is 10.2 Å². The van der Waals surface area contributed by atoms with Crippen LogP contribution in [-0.4, -0.2) is 22.2 Å². The molecule has 4 heteroatoms. The average Bonchev–Trinajstić information content (AvgIpc) is 2.25. The normalized spacial score (nSPS) is 16.7. The number of carboxylic acid groups (broad SMARTS) is 2. The molecule has 0 saturated heterocycles. The molecule has 2 atom stereocenters. The average molecular weight is 272 g/mol. The molecule has 0 spiro atoms. The van der Waals surface area contributed by atoms with Crippen molar-refractivity contribution in [3.05, 3.63) is 0 Å². The van der Waals surface area contributed by atoms with Gasteiger partial charge in [-0.15, -0.1) is 0 Å². The third kappa shape index (κ3) is 4.51. The minimum atomic E-state index is -0.813. The van der Waals surface area contributed by atoms with Crippen LogP contribution in [0.2, 0.25) is 0 Å². The number of carbonyl (C=O) groups is 2. The molecule has 0 heterocycles. The van der Waals surface area contributed by atoms with Gasteiger partial charge >= 0.3 is 11.9 Å². The fourth-order valence-electron chi connectivity index (χ4n) is 2.67. The van der Waals surface area contributed by atoms with Crippen LogP contribution in [0, 0.1) is 16.7 Å². The van der Waals surface area contributed by atoms with Crippen molar-refractivity contribution in [1.82, 2.24) is 0 Å². The van der Waals surface area contributed by atoms with Crippen LogP contribution >= 0.6 is 0 Å². The number of hydrogen-bond acceptors (Lipinski definition) is 2. The molecule has 112 valence electrons. The smallest absolute Gasteiger partial charge is 0.310 e. The van der Waals surface area contributed by atoms with Crippen molar-refractivity contribution in [2.75, 3.05) is 0 Å². The van der Waals surface area contributed by atoms with Gasteiger partial charge in [-0.2, -0.15) is 0 Å². The Hall–Kier alpha value is -1.06. The van der Waals surface area contributed by atoms with E-state index in [1.165, 1.54) is 0 Å². The van der Waals surface area contributed by atoms with E-state index in [4.69, 9.17) is 5.11 Å². The Morgan fingerprint density at radius 3 is 1.95 bits per heavy atom. The zero-order valence-corrected chi connectivity index (χ0v) is 12.8. The summed E-state index contributed by atoms with van der Waals surface area (Å²) in [5.74, 6) is -1.98. The van der Waals surface area contributed by atoms with Gasteiger partial charge in [0.05, 0.1) is 11.3 Å². The summed E-state index contributed by atoms with van der Waals surface area (Å²) in [6.45, 7) is 9.53. The Balaban J connectivity index is 4.87. The summed E-state index contributed by atoms with van der Waals surface area (Å²) in [7, 11) is 0. The van der Waals surface area contributed by atoms with E-state index in [0.717, 1.165) is 6.42 Å². The minimum absolute atomic E-state index is 0.332. The van der Waals surface area contributed by atoms with Crippen LogP contribution in [0.5, 0.6) is 0 Å². The first-order chi connectivity index (χ1) is 8.58. The second-order valence-corrected chi connectivity index (χ2v) is 6.52. The van der Waals surface area contributed by atoms with Crippen molar-refractivity contribution in [3.8, 4) is 0 Å². The molecular formula is C15H28O4. The summed E-state index contributed by atoms with van der Waals surface area (Å²) in [6.07, 6.45) is 3.16. The van der Waals surface area contributed by atoms with Gasteiger partial charge in [-0.1, -0.05) is 47.5 Å². The van der Waals surface area contributed by atoms with E-state index in [-0.39, 0.29) is 5.41 Å². The fourth-order valence-corrected chi connectivity index (χ4v) is 2.67. The lowest BCUT2D eigenvalue weighted by Gasteiger charge is -2.41. The Kier molecular flexibility index (Phi) is 6.53. The zero-order chi connectivity index (χ0) is 15.3. The SMILES string of the molecule is CCCC(CCCC(C)C(=O)O)(C(=O)O)C(C)(C)C. The summed E-state index contributed by atoms with van der Waals surface area (Å²) < 4.78 is 0. The van der Waals surface area contributed by atoms with E-state index < -0.39 is 23.3 Å². The van der Waals surface area contributed by atoms with Gasteiger partial charge in [-0.3, -0.25) is 9.59 Å². The van der Waals surface area contributed by atoms with Crippen molar-refractivity contribution in [3.63, 3.8) is 0 Å². The van der Waals surface area contributed by atoms with E-state index in [1.54, 1.807) is 6.92 Å². The molecule has 0 rings (SSSR count). The van der Waals surface area contributed by atoms with E-state index >= 15 is 0 Å². The molecule has 0 fully saturated rings. The maximum atomic E-state index is 11.8. The van der Waals surface area contributed by atoms with Gasteiger partial charge in [0.25, 0.3) is 0 Å². The number of carboxylic acids is 2. The van der Waals surface area contributed by atoms with Crippen LogP contribution in [0.15, 0.2) is 0 Å². The maximum Gasteiger partial charge on any atom is 0.310 e. The van der Waals surface area contributed by atoms with E-state index in [1.807, 2.05) is 27.7 Å². The van der Waals surface area contributed by atoms with Crippen LogP contribution in [0.1, 0.15) is 66.7 Å². The van der Waals surface area contributed by atoms with E-state index in [9.17, 15) is 14.7 Å². The zero-order valence-electron chi connectivity index (χ0n) is 12.8. The molecule has 4 nitrogen and oxygen atoms in total. The first-order valence-corrected chi connectivity index (χ1v) is 7.04. The lowest BCUT2D eigenvalue weighted by molar-refractivity contribution is -0.158. The molecule has 0 amide bonds. The number of rotatable bonds is 8. The molecule has 0 bridgehead atoms. The Labute approximate surface area is 116 Å². The third-order valence-corrected chi connectivity index (χ3v) is 4.18. The molecule has 0 saturated carbocycles. The number of aliphatic carboxylic acids is 2. The van der Waals surface area contributed by atoms with Crippen LogP contribution in [0.3, 0.4) is 0 Å². The second kappa shape index (κ2) is 6.92. The van der Waals surface area contributed by atoms with Crippen LogP contribution < -0.4 is 0 Å². The Morgan fingerprint density at radius 2 is 1.63 bits per heavy atom. The van der Waals surface area contributed by atoms with E-state index in [0.29, 0.717) is 25.7 Å².